The fourth-order valence-electron chi connectivity index (χ4n) is 3.19. The van der Waals surface area contributed by atoms with Gasteiger partial charge in [0.15, 0.2) is 0 Å². The lowest BCUT2D eigenvalue weighted by molar-refractivity contribution is 0.244. The van der Waals surface area contributed by atoms with E-state index in [0.29, 0.717) is 5.54 Å². The van der Waals surface area contributed by atoms with Crippen molar-refractivity contribution in [3.63, 3.8) is 0 Å². The molecule has 0 atom stereocenters. The lowest BCUT2D eigenvalue weighted by Gasteiger charge is -2.36. The Bertz CT molecular complexity index is 567. The van der Waals surface area contributed by atoms with Crippen molar-refractivity contribution >= 4 is 21.6 Å². The molecule has 0 saturated heterocycles. The minimum absolute atomic E-state index is 0.293. The summed E-state index contributed by atoms with van der Waals surface area (Å²) in [5.41, 5.74) is 2.76. The maximum Gasteiger partial charge on any atom is 0.0956 e. The van der Waals surface area contributed by atoms with Gasteiger partial charge in [0.25, 0.3) is 0 Å². The molecule has 1 heterocycles. The first-order chi connectivity index (χ1) is 9.21. The molecule has 1 aromatic carbocycles. The highest BCUT2D eigenvalue weighted by Gasteiger charge is 2.31. The quantitative estimate of drug-likeness (QED) is 0.912. The maximum absolute atomic E-state index is 4.84. The van der Waals surface area contributed by atoms with E-state index in [1.807, 2.05) is 11.3 Å². The van der Waals surface area contributed by atoms with Crippen molar-refractivity contribution in [3.8, 4) is 0 Å². The van der Waals surface area contributed by atoms with Gasteiger partial charge in [-0.3, -0.25) is 0 Å². The van der Waals surface area contributed by atoms with Crippen LogP contribution >= 0.6 is 11.3 Å². The highest BCUT2D eigenvalue weighted by molar-refractivity contribution is 7.18. The first-order valence-electron chi connectivity index (χ1n) is 7.26. The molecule has 1 fully saturated rings. The highest BCUT2D eigenvalue weighted by Crippen LogP contribution is 2.33. The van der Waals surface area contributed by atoms with Crippen molar-refractivity contribution < 1.29 is 0 Å². The molecule has 3 heteroatoms. The Balaban J connectivity index is 1.87. The molecule has 0 radical (unpaired) electrons. The van der Waals surface area contributed by atoms with Crippen LogP contribution in [0.1, 0.15) is 42.7 Å². The lowest BCUT2D eigenvalue weighted by Crippen LogP contribution is -2.46. The molecule has 0 amide bonds. The first-order valence-corrected chi connectivity index (χ1v) is 8.07. The number of fused-ring (bicyclic) bond motifs is 1. The third kappa shape index (κ3) is 2.67. The van der Waals surface area contributed by atoms with Gasteiger partial charge in [0, 0.05) is 12.0 Å². The smallest absolute Gasteiger partial charge is 0.0956 e. The SMILES string of the molecule is CNC1(Cc2nc3cc(C)ccc3s2)CCCCC1. The zero-order valence-electron chi connectivity index (χ0n) is 11.8. The molecule has 2 aromatic rings. The molecular weight excluding hydrogens is 252 g/mol. The molecule has 3 rings (SSSR count). The summed E-state index contributed by atoms with van der Waals surface area (Å²) in [6.07, 6.45) is 7.76. The van der Waals surface area contributed by atoms with Gasteiger partial charge in [-0.2, -0.15) is 0 Å². The van der Waals surface area contributed by atoms with Crippen LogP contribution in [0.25, 0.3) is 10.2 Å². The van der Waals surface area contributed by atoms with E-state index in [1.165, 1.54) is 52.9 Å². The largest absolute Gasteiger partial charge is 0.314 e. The third-order valence-electron chi connectivity index (χ3n) is 4.42. The number of hydrogen-bond acceptors (Lipinski definition) is 3. The van der Waals surface area contributed by atoms with Crippen molar-refractivity contribution in [2.75, 3.05) is 7.05 Å². The van der Waals surface area contributed by atoms with Gasteiger partial charge in [-0.1, -0.05) is 25.3 Å². The molecule has 0 spiro atoms. The molecule has 0 aliphatic heterocycles. The third-order valence-corrected chi connectivity index (χ3v) is 5.45. The van der Waals surface area contributed by atoms with Crippen molar-refractivity contribution in [2.24, 2.45) is 0 Å². The summed E-state index contributed by atoms with van der Waals surface area (Å²) in [5.74, 6) is 0. The summed E-state index contributed by atoms with van der Waals surface area (Å²) in [4.78, 5) is 4.84. The van der Waals surface area contributed by atoms with Crippen LogP contribution < -0.4 is 5.32 Å². The normalized spacial score (nSPS) is 18.8. The zero-order valence-corrected chi connectivity index (χ0v) is 12.6. The summed E-state index contributed by atoms with van der Waals surface area (Å²) in [7, 11) is 2.11. The van der Waals surface area contributed by atoms with Crippen molar-refractivity contribution in [1.82, 2.24) is 10.3 Å². The predicted molar refractivity (Wildman–Crippen MR) is 82.9 cm³/mol. The number of benzene rings is 1. The molecule has 1 saturated carbocycles. The molecule has 1 aliphatic rings. The number of aromatic nitrogens is 1. The van der Waals surface area contributed by atoms with Crippen LogP contribution in [-0.4, -0.2) is 17.6 Å². The summed E-state index contributed by atoms with van der Waals surface area (Å²) < 4.78 is 1.32. The molecule has 1 aliphatic carbocycles. The average molecular weight is 274 g/mol. The Hall–Kier alpha value is -0.930. The van der Waals surface area contributed by atoms with Crippen LogP contribution in [-0.2, 0) is 6.42 Å². The minimum atomic E-state index is 0.293. The van der Waals surface area contributed by atoms with Crippen molar-refractivity contribution in [3.05, 3.63) is 28.8 Å². The Morgan fingerprint density at radius 1 is 1.26 bits per heavy atom. The fraction of sp³-hybridized carbons (Fsp3) is 0.562. The lowest BCUT2D eigenvalue weighted by atomic mass is 9.79. The summed E-state index contributed by atoms with van der Waals surface area (Å²) in [6, 6.07) is 6.58. The Morgan fingerprint density at radius 3 is 2.79 bits per heavy atom. The van der Waals surface area contributed by atoms with E-state index >= 15 is 0 Å². The number of rotatable bonds is 3. The van der Waals surface area contributed by atoms with Gasteiger partial charge < -0.3 is 5.32 Å². The monoisotopic (exact) mass is 274 g/mol. The first kappa shape index (κ1) is 13.1. The van der Waals surface area contributed by atoms with Crippen molar-refractivity contribution in [1.29, 1.82) is 0 Å². The predicted octanol–water partition coefficient (Wildman–Crippen LogP) is 4.07. The van der Waals surface area contributed by atoms with Crippen LogP contribution in [0.3, 0.4) is 0 Å². The van der Waals surface area contributed by atoms with Crippen LogP contribution in [0.5, 0.6) is 0 Å². The summed E-state index contributed by atoms with van der Waals surface area (Å²) >= 11 is 1.86. The Kier molecular flexibility index (Phi) is 3.59. The van der Waals surface area contributed by atoms with Gasteiger partial charge in [0.2, 0.25) is 0 Å². The van der Waals surface area contributed by atoms with E-state index in [1.54, 1.807) is 0 Å². The number of likely N-dealkylation sites (N-methyl/N-ethyl adjacent to an activating group) is 1. The van der Waals surface area contributed by atoms with Crippen LogP contribution in [0.15, 0.2) is 18.2 Å². The standard InChI is InChI=1S/C16H22N2S/c1-12-6-7-14-13(10-12)18-15(19-14)11-16(17-2)8-4-3-5-9-16/h6-7,10,17H,3-5,8-9,11H2,1-2H3. The number of nitrogens with zero attached hydrogens (tertiary/aromatic N) is 1. The minimum Gasteiger partial charge on any atom is -0.314 e. The van der Waals surface area contributed by atoms with E-state index in [2.05, 4.69) is 37.5 Å². The van der Waals surface area contributed by atoms with E-state index < -0.39 is 0 Å². The molecule has 0 bridgehead atoms. The van der Waals surface area contributed by atoms with Gasteiger partial charge in [-0.05, 0) is 44.5 Å². The Labute approximate surface area is 119 Å². The van der Waals surface area contributed by atoms with Gasteiger partial charge in [-0.15, -0.1) is 11.3 Å². The van der Waals surface area contributed by atoms with Crippen molar-refractivity contribution in [2.45, 2.75) is 51.0 Å². The van der Waals surface area contributed by atoms with E-state index in [0.717, 1.165) is 6.42 Å². The second kappa shape index (κ2) is 5.22. The number of hydrogen-bond donors (Lipinski definition) is 1. The topological polar surface area (TPSA) is 24.9 Å². The van der Waals surface area contributed by atoms with Gasteiger partial charge in [-0.25, -0.2) is 4.98 Å². The molecular formula is C16H22N2S. The Morgan fingerprint density at radius 2 is 2.05 bits per heavy atom. The zero-order chi connectivity index (χ0) is 13.3. The fourth-order valence-corrected chi connectivity index (χ4v) is 4.29. The summed E-state index contributed by atoms with van der Waals surface area (Å²) in [5, 5.41) is 4.88. The molecule has 1 N–H and O–H groups in total. The molecule has 19 heavy (non-hydrogen) atoms. The second-order valence-electron chi connectivity index (χ2n) is 5.85. The molecule has 102 valence electrons. The molecule has 1 aromatic heterocycles. The summed E-state index contributed by atoms with van der Waals surface area (Å²) in [6.45, 7) is 2.13. The number of aryl methyl sites for hydroxylation is 1. The second-order valence-corrected chi connectivity index (χ2v) is 6.96. The highest BCUT2D eigenvalue weighted by atomic mass is 32.1. The van der Waals surface area contributed by atoms with Gasteiger partial charge in [0.05, 0.1) is 15.2 Å². The average Bonchev–Trinajstić information content (AvgIpc) is 2.81. The number of nitrogens with one attached hydrogen (secondary N) is 1. The molecule has 0 unspecified atom stereocenters. The van der Waals surface area contributed by atoms with E-state index in [9.17, 15) is 0 Å². The van der Waals surface area contributed by atoms with Crippen LogP contribution in [0, 0.1) is 6.92 Å². The van der Waals surface area contributed by atoms with E-state index in [-0.39, 0.29) is 0 Å². The maximum atomic E-state index is 4.84. The van der Waals surface area contributed by atoms with Gasteiger partial charge in [0.1, 0.15) is 0 Å². The van der Waals surface area contributed by atoms with E-state index in [4.69, 9.17) is 4.98 Å². The molecule has 2 nitrogen and oxygen atoms in total. The van der Waals surface area contributed by atoms with Crippen LogP contribution in [0.4, 0.5) is 0 Å². The van der Waals surface area contributed by atoms with Gasteiger partial charge >= 0.3 is 0 Å². The number of thiazole rings is 1. The van der Waals surface area contributed by atoms with Crippen LogP contribution in [0.2, 0.25) is 0 Å².